The van der Waals surface area contributed by atoms with Crippen molar-refractivity contribution in [3.63, 3.8) is 0 Å². The van der Waals surface area contributed by atoms with E-state index < -0.39 is 5.97 Å². The van der Waals surface area contributed by atoms with Gasteiger partial charge in [0.25, 0.3) is 0 Å². The number of carboxylic acids is 1. The Hall–Kier alpha value is -1.83. The van der Waals surface area contributed by atoms with Gasteiger partial charge < -0.3 is 5.11 Å². The molecule has 2 nitrogen and oxygen atoms in total. The van der Waals surface area contributed by atoms with Crippen LogP contribution in [0.25, 0.3) is 0 Å². The van der Waals surface area contributed by atoms with Gasteiger partial charge in [0.1, 0.15) is 0 Å². The Morgan fingerprint density at radius 2 is 1.86 bits per heavy atom. The lowest BCUT2D eigenvalue weighted by molar-refractivity contribution is -0.131. The summed E-state index contributed by atoms with van der Waals surface area (Å²) in [5.74, 6) is -0.343. The minimum atomic E-state index is -0.908. The van der Waals surface area contributed by atoms with Crippen LogP contribution in [0.4, 0.5) is 0 Å². The van der Waals surface area contributed by atoms with Crippen molar-refractivity contribution in [2.45, 2.75) is 53.9 Å². The van der Waals surface area contributed by atoms with Gasteiger partial charge in [-0.3, -0.25) is 0 Å². The third-order valence-electron chi connectivity index (χ3n) is 3.85. The van der Waals surface area contributed by atoms with Crippen molar-refractivity contribution in [2.75, 3.05) is 0 Å². The van der Waals surface area contributed by atoms with Crippen LogP contribution in [0.2, 0.25) is 0 Å². The fraction of sp³-hybridized carbons (Fsp3) is 0.450. The first kappa shape index (κ1) is 18.2. The summed E-state index contributed by atoms with van der Waals surface area (Å²) in [4.78, 5) is 10.6. The molecular formula is C20H28O2. The van der Waals surface area contributed by atoms with Crippen molar-refractivity contribution in [1.29, 1.82) is 0 Å². The molecule has 0 aromatic rings. The zero-order chi connectivity index (χ0) is 16.7. The zero-order valence-electron chi connectivity index (χ0n) is 14.4. The summed E-state index contributed by atoms with van der Waals surface area (Å²) in [6.45, 7) is 10.7. The van der Waals surface area contributed by atoms with Gasteiger partial charge in [0, 0.05) is 6.08 Å². The predicted octanol–water partition coefficient (Wildman–Crippen LogP) is 5.60. The Balaban J connectivity index is 2.91. The summed E-state index contributed by atoms with van der Waals surface area (Å²) < 4.78 is 0. The fourth-order valence-corrected chi connectivity index (χ4v) is 3.02. The van der Waals surface area contributed by atoms with E-state index in [-0.39, 0.29) is 0 Å². The minimum Gasteiger partial charge on any atom is -0.478 e. The first-order chi connectivity index (χ1) is 10.3. The van der Waals surface area contributed by atoms with E-state index in [4.69, 9.17) is 5.11 Å². The number of rotatable bonds is 5. The summed E-state index contributed by atoms with van der Waals surface area (Å²) in [6, 6.07) is 0. The van der Waals surface area contributed by atoms with Gasteiger partial charge in [-0.1, -0.05) is 49.3 Å². The standard InChI is InChI=1S/C20H28O2/c1-14(2)20-17(5)10-7-11-18(20)12-15(3)8-6-9-16(4)13-19(21)22/h6,8-9,12-14H,7,10-11H2,1-5H3,(H,21,22)/b9-6+,15-8?,16-13-,18-12?. The molecule has 1 N–H and O–H groups in total. The molecule has 0 aromatic carbocycles. The highest BCUT2D eigenvalue weighted by molar-refractivity contribution is 5.81. The molecule has 0 heterocycles. The molecule has 0 spiro atoms. The molecule has 1 rings (SSSR count). The Bertz CT molecular complexity index is 567. The molecule has 0 saturated heterocycles. The Morgan fingerprint density at radius 3 is 2.45 bits per heavy atom. The number of hydrogen-bond donors (Lipinski definition) is 1. The highest BCUT2D eigenvalue weighted by Gasteiger charge is 2.17. The van der Waals surface area contributed by atoms with Crippen LogP contribution in [0.1, 0.15) is 53.9 Å². The maximum absolute atomic E-state index is 10.6. The molecule has 120 valence electrons. The summed E-state index contributed by atoms with van der Waals surface area (Å²) in [7, 11) is 0. The van der Waals surface area contributed by atoms with E-state index in [1.54, 1.807) is 6.92 Å². The monoisotopic (exact) mass is 300 g/mol. The topological polar surface area (TPSA) is 37.3 Å². The maximum atomic E-state index is 10.6. The van der Waals surface area contributed by atoms with Crippen LogP contribution < -0.4 is 0 Å². The van der Waals surface area contributed by atoms with Crippen LogP contribution >= 0.6 is 0 Å². The third-order valence-corrected chi connectivity index (χ3v) is 3.85. The Morgan fingerprint density at radius 1 is 1.18 bits per heavy atom. The smallest absolute Gasteiger partial charge is 0.328 e. The average Bonchev–Trinajstić information content (AvgIpc) is 2.37. The number of allylic oxidation sites excluding steroid dienone is 9. The van der Waals surface area contributed by atoms with Crippen LogP contribution in [0, 0.1) is 5.92 Å². The van der Waals surface area contributed by atoms with Crippen LogP contribution in [-0.4, -0.2) is 11.1 Å². The summed E-state index contributed by atoms with van der Waals surface area (Å²) in [5, 5.41) is 8.67. The van der Waals surface area contributed by atoms with Crippen molar-refractivity contribution in [2.24, 2.45) is 5.92 Å². The Labute approximate surface area is 134 Å². The molecule has 0 unspecified atom stereocenters. The van der Waals surface area contributed by atoms with E-state index in [1.165, 1.54) is 41.2 Å². The van der Waals surface area contributed by atoms with Gasteiger partial charge in [-0.15, -0.1) is 0 Å². The molecule has 22 heavy (non-hydrogen) atoms. The van der Waals surface area contributed by atoms with Crippen molar-refractivity contribution in [3.05, 3.63) is 58.2 Å². The van der Waals surface area contributed by atoms with E-state index in [1.807, 2.05) is 18.2 Å². The van der Waals surface area contributed by atoms with Crippen molar-refractivity contribution >= 4 is 5.97 Å². The normalized spacial score (nSPS) is 19.6. The minimum absolute atomic E-state index is 0.565. The number of hydrogen-bond acceptors (Lipinski definition) is 1. The highest BCUT2D eigenvalue weighted by Crippen LogP contribution is 2.34. The van der Waals surface area contributed by atoms with Crippen molar-refractivity contribution < 1.29 is 9.90 Å². The molecule has 2 heteroatoms. The molecule has 1 aliphatic rings. The molecule has 0 aromatic heterocycles. The quantitative estimate of drug-likeness (QED) is 0.530. The Kier molecular flexibility index (Phi) is 7.10. The zero-order valence-corrected chi connectivity index (χ0v) is 14.4. The van der Waals surface area contributed by atoms with Crippen LogP contribution in [0.5, 0.6) is 0 Å². The van der Waals surface area contributed by atoms with Crippen molar-refractivity contribution in [3.8, 4) is 0 Å². The van der Waals surface area contributed by atoms with Gasteiger partial charge in [-0.05, 0) is 62.7 Å². The van der Waals surface area contributed by atoms with E-state index in [0.717, 1.165) is 12.0 Å². The second-order valence-electron chi connectivity index (χ2n) is 6.37. The molecule has 0 amide bonds. The second-order valence-corrected chi connectivity index (χ2v) is 6.37. The largest absolute Gasteiger partial charge is 0.478 e. The molecule has 0 bridgehead atoms. The molecule has 0 saturated carbocycles. The first-order valence-corrected chi connectivity index (χ1v) is 7.98. The van der Waals surface area contributed by atoms with Gasteiger partial charge in [-0.25, -0.2) is 4.79 Å². The van der Waals surface area contributed by atoms with Gasteiger partial charge >= 0.3 is 5.97 Å². The molecule has 0 radical (unpaired) electrons. The maximum Gasteiger partial charge on any atom is 0.328 e. The van der Waals surface area contributed by atoms with E-state index >= 15 is 0 Å². The second kappa shape index (κ2) is 8.57. The molecule has 0 atom stereocenters. The molecule has 0 fully saturated rings. The molecular weight excluding hydrogens is 272 g/mol. The lowest BCUT2D eigenvalue weighted by Crippen LogP contribution is -2.07. The predicted molar refractivity (Wildman–Crippen MR) is 93.8 cm³/mol. The number of aliphatic carboxylic acids is 1. The van der Waals surface area contributed by atoms with E-state index in [9.17, 15) is 4.79 Å². The average molecular weight is 300 g/mol. The van der Waals surface area contributed by atoms with Crippen LogP contribution in [0.3, 0.4) is 0 Å². The number of carbonyl (C=O) groups is 1. The van der Waals surface area contributed by atoms with Crippen LogP contribution in [-0.2, 0) is 4.79 Å². The van der Waals surface area contributed by atoms with Gasteiger partial charge in [0.05, 0.1) is 0 Å². The van der Waals surface area contributed by atoms with E-state index in [2.05, 4.69) is 33.8 Å². The summed E-state index contributed by atoms with van der Waals surface area (Å²) >= 11 is 0. The van der Waals surface area contributed by atoms with Crippen LogP contribution in [0.15, 0.2) is 58.2 Å². The lowest BCUT2D eigenvalue weighted by Gasteiger charge is -2.24. The first-order valence-electron chi connectivity index (χ1n) is 7.98. The summed E-state index contributed by atoms with van der Waals surface area (Å²) in [6.07, 6.45) is 12.9. The van der Waals surface area contributed by atoms with Gasteiger partial charge in [0.15, 0.2) is 0 Å². The highest BCUT2D eigenvalue weighted by atomic mass is 16.4. The third kappa shape index (κ3) is 5.88. The van der Waals surface area contributed by atoms with Gasteiger partial charge in [0.2, 0.25) is 0 Å². The van der Waals surface area contributed by atoms with E-state index in [0.29, 0.717) is 5.92 Å². The summed E-state index contributed by atoms with van der Waals surface area (Å²) in [5.41, 5.74) is 6.43. The van der Waals surface area contributed by atoms with Crippen molar-refractivity contribution in [1.82, 2.24) is 0 Å². The SMILES string of the molecule is CC(=C/C=C/C(C)=C\C(=O)O)C=C1CCCC(C)=C1C(C)C. The van der Waals surface area contributed by atoms with Gasteiger partial charge in [-0.2, -0.15) is 0 Å². The molecule has 1 aliphatic carbocycles. The molecule has 0 aliphatic heterocycles. The fourth-order valence-electron chi connectivity index (χ4n) is 3.02. The number of carboxylic acid groups (broad SMARTS) is 1. The lowest BCUT2D eigenvalue weighted by atomic mass is 9.81.